The number of fused-ring (bicyclic) bond motifs is 1. The van der Waals surface area contributed by atoms with Crippen molar-refractivity contribution in [2.24, 2.45) is 0 Å². The summed E-state index contributed by atoms with van der Waals surface area (Å²) in [6.07, 6.45) is -0.710. The van der Waals surface area contributed by atoms with Crippen LogP contribution in [0.2, 0.25) is 0 Å². The van der Waals surface area contributed by atoms with Crippen molar-refractivity contribution < 1.29 is 27.5 Å². The highest BCUT2D eigenvalue weighted by molar-refractivity contribution is 5.93. The molecule has 204 valence electrons. The molecule has 4 rings (SSSR count). The van der Waals surface area contributed by atoms with E-state index < -0.39 is 28.9 Å². The van der Waals surface area contributed by atoms with Crippen molar-refractivity contribution in [3.63, 3.8) is 0 Å². The number of nitrogens with one attached hydrogen (secondary N) is 2. The maximum Gasteiger partial charge on any atom is 0.435 e. The van der Waals surface area contributed by atoms with Gasteiger partial charge in [0.25, 0.3) is 11.5 Å². The molecule has 0 aliphatic carbocycles. The predicted molar refractivity (Wildman–Crippen MR) is 128 cm³/mol. The van der Waals surface area contributed by atoms with Crippen molar-refractivity contribution in [1.29, 1.82) is 0 Å². The summed E-state index contributed by atoms with van der Waals surface area (Å²) in [5.74, 6) is 0.0757. The van der Waals surface area contributed by atoms with Crippen LogP contribution in [-0.4, -0.2) is 93.1 Å². The number of amides is 2. The van der Waals surface area contributed by atoms with Gasteiger partial charge in [-0.15, -0.1) is 0 Å². The van der Waals surface area contributed by atoms with E-state index in [0.717, 1.165) is 10.9 Å². The van der Waals surface area contributed by atoms with Gasteiger partial charge in [0.15, 0.2) is 5.69 Å². The van der Waals surface area contributed by atoms with E-state index in [9.17, 15) is 27.6 Å². The van der Waals surface area contributed by atoms with Crippen LogP contribution in [0.25, 0.3) is 10.9 Å². The Hall–Kier alpha value is -4.08. The van der Waals surface area contributed by atoms with Gasteiger partial charge in [0.05, 0.1) is 43.0 Å². The molecule has 1 aliphatic rings. The first-order chi connectivity index (χ1) is 18.1. The maximum atomic E-state index is 13.4. The zero-order valence-corrected chi connectivity index (χ0v) is 20.7. The van der Waals surface area contributed by atoms with Crippen LogP contribution < -0.4 is 15.8 Å². The summed E-state index contributed by atoms with van der Waals surface area (Å²) in [5, 5.41) is 11.1. The van der Waals surface area contributed by atoms with Gasteiger partial charge in [0.2, 0.25) is 11.9 Å². The average Bonchev–Trinajstić information content (AvgIpc) is 3.32. The van der Waals surface area contributed by atoms with E-state index in [1.165, 1.54) is 19.4 Å². The van der Waals surface area contributed by atoms with Crippen LogP contribution in [-0.2, 0) is 15.7 Å². The summed E-state index contributed by atoms with van der Waals surface area (Å²) in [6, 6.07) is -0.648. The van der Waals surface area contributed by atoms with Gasteiger partial charge in [-0.05, 0) is 6.92 Å². The molecule has 2 amide bonds. The van der Waals surface area contributed by atoms with E-state index in [2.05, 4.69) is 25.5 Å². The first-order valence-electron chi connectivity index (χ1n) is 11.8. The molecule has 1 saturated heterocycles. The molecule has 2 N–H and O–H groups in total. The smallest absolute Gasteiger partial charge is 0.379 e. The zero-order valence-electron chi connectivity index (χ0n) is 20.7. The van der Waals surface area contributed by atoms with Gasteiger partial charge in [-0.2, -0.15) is 23.4 Å². The van der Waals surface area contributed by atoms with Gasteiger partial charge in [0, 0.05) is 45.6 Å². The summed E-state index contributed by atoms with van der Waals surface area (Å²) in [6.45, 7) is 3.59. The molecule has 0 saturated carbocycles. The molecular formula is C22H26F3N9O4. The van der Waals surface area contributed by atoms with Gasteiger partial charge < -0.3 is 19.9 Å². The van der Waals surface area contributed by atoms with E-state index in [1.54, 1.807) is 11.8 Å². The fourth-order valence-electron chi connectivity index (χ4n) is 4.08. The van der Waals surface area contributed by atoms with Crippen molar-refractivity contribution >= 4 is 28.7 Å². The molecule has 4 heterocycles. The Kier molecular flexibility index (Phi) is 7.89. The van der Waals surface area contributed by atoms with Crippen LogP contribution in [0.1, 0.15) is 35.4 Å². The number of nitrogens with zero attached hydrogens (tertiary/aromatic N) is 7. The summed E-state index contributed by atoms with van der Waals surface area (Å²) < 4.78 is 46.8. The number of hydrogen-bond acceptors (Lipinski definition) is 9. The fourth-order valence-corrected chi connectivity index (χ4v) is 4.08. The third-order valence-corrected chi connectivity index (χ3v) is 6.08. The molecule has 1 aliphatic heterocycles. The van der Waals surface area contributed by atoms with Crippen molar-refractivity contribution in [1.82, 2.24) is 40.2 Å². The third-order valence-electron chi connectivity index (χ3n) is 6.08. The van der Waals surface area contributed by atoms with Crippen molar-refractivity contribution in [2.75, 3.05) is 51.3 Å². The number of alkyl halides is 3. The van der Waals surface area contributed by atoms with Crippen LogP contribution in [0.5, 0.6) is 0 Å². The lowest BCUT2D eigenvalue weighted by molar-refractivity contribution is -0.140. The van der Waals surface area contributed by atoms with Crippen LogP contribution >= 0.6 is 0 Å². The standard InChI is InChI=1S/C22H26F3N9O4/c1-13(34-15-11-29-30-20(37)17(15)18(31-34)22(23,24)25)12-38-8-3-16(35)32-4-6-33(7-5-32)21-27-9-14(10-28-21)19(36)26-2/h9-11,13H,3-8,12H2,1-2H3,(H,26,36)(H,30,37). The predicted octanol–water partition coefficient (Wildman–Crippen LogP) is 0.604. The van der Waals surface area contributed by atoms with E-state index >= 15 is 0 Å². The lowest BCUT2D eigenvalue weighted by Crippen LogP contribution is -2.49. The molecule has 38 heavy (non-hydrogen) atoms. The Labute approximate surface area is 214 Å². The number of hydrogen-bond donors (Lipinski definition) is 2. The minimum atomic E-state index is -4.81. The topological polar surface area (TPSA) is 151 Å². The highest BCUT2D eigenvalue weighted by Gasteiger charge is 2.38. The van der Waals surface area contributed by atoms with E-state index in [-0.39, 0.29) is 37.0 Å². The van der Waals surface area contributed by atoms with E-state index in [1.807, 2.05) is 10.00 Å². The minimum Gasteiger partial charge on any atom is -0.379 e. The Morgan fingerprint density at radius 1 is 1.16 bits per heavy atom. The molecule has 0 bridgehead atoms. The first kappa shape index (κ1) is 27.0. The monoisotopic (exact) mass is 537 g/mol. The average molecular weight is 538 g/mol. The number of rotatable bonds is 8. The summed E-state index contributed by atoms with van der Waals surface area (Å²) in [4.78, 5) is 48.2. The van der Waals surface area contributed by atoms with Crippen molar-refractivity contribution in [3.8, 4) is 0 Å². The van der Waals surface area contributed by atoms with Crippen LogP contribution in [0.3, 0.4) is 0 Å². The molecular weight excluding hydrogens is 511 g/mol. The number of aromatic amines is 1. The number of ether oxygens (including phenoxy) is 1. The lowest BCUT2D eigenvalue weighted by atomic mass is 10.2. The highest BCUT2D eigenvalue weighted by Crippen LogP contribution is 2.33. The quantitative estimate of drug-likeness (QED) is 0.394. The summed E-state index contributed by atoms with van der Waals surface area (Å²) in [5.41, 5.74) is -1.97. The number of carbonyl (C=O) groups excluding carboxylic acids is 2. The fraction of sp³-hybridized carbons (Fsp3) is 0.500. The van der Waals surface area contributed by atoms with Gasteiger partial charge in [-0.3, -0.25) is 19.1 Å². The molecule has 1 unspecified atom stereocenters. The van der Waals surface area contributed by atoms with Crippen LogP contribution in [0.4, 0.5) is 19.1 Å². The third kappa shape index (κ3) is 5.74. The van der Waals surface area contributed by atoms with Crippen molar-refractivity contribution in [3.05, 3.63) is 40.2 Å². The lowest BCUT2D eigenvalue weighted by Gasteiger charge is -2.34. The van der Waals surface area contributed by atoms with Gasteiger partial charge in [-0.25, -0.2) is 15.1 Å². The van der Waals surface area contributed by atoms with Gasteiger partial charge in [0.1, 0.15) is 5.39 Å². The highest BCUT2D eigenvalue weighted by atomic mass is 19.4. The van der Waals surface area contributed by atoms with Gasteiger partial charge in [-0.1, -0.05) is 0 Å². The zero-order chi connectivity index (χ0) is 27.4. The molecule has 0 spiro atoms. The SMILES string of the molecule is CNC(=O)c1cnc(N2CCN(C(=O)CCOCC(C)n3nc(C(F)(F)F)c4c(=O)[nH]ncc43)CC2)nc1. The van der Waals surface area contributed by atoms with Crippen LogP contribution in [0, 0.1) is 0 Å². The second kappa shape index (κ2) is 11.1. The first-order valence-corrected chi connectivity index (χ1v) is 11.8. The molecule has 13 nitrogen and oxygen atoms in total. The number of H-pyrrole nitrogens is 1. The number of halogens is 3. The van der Waals surface area contributed by atoms with E-state index in [4.69, 9.17) is 4.74 Å². The number of piperazine rings is 1. The maximum absolute atomic E-state index is 13.4. The molecule has 1 atom stereocenters. The number of anilines is 1. The Morgan fingerprint density at radius 2 is 1.84 bits per heavy atom. The minimum absolute atomic E-state index is 0.0225. The summed E-state index contributed by atoms with van der Waals surface area (Å²) >= 11 is 0. The second-order valence-electron chi connectivity index (χ2n) is 8.64. The van der Waals surface area contributed by atoms with Gasteiger partial charge >= 0.3 is 6.18 Å². The Bertz CT molecular complexity index is 1350. The molecule has 16 heteroatoms. The number of carbonyl (C=O) groups is 2. The van der Waals surface area contributed by atoms with Crippen molar-refractivity contribution in [2.45, 2.75) is 25.6 Å². The second-order valence-corrected chi connectivity index (χ2v) is 8.64. The molecule has 1 fully saturated rings. The Balaban J connectivity index is 1.26. The Morgan fingerprint density at radius 3 is 2.47 bits per heavy atom. The summed E-state index contributed by atoms with van der Waals surface area (Å²) in [7, 11) is 1.52. The van der Waals surface area contributed by atoms with E-state index in [0.29, 0.717) is 37.7 Å². The molecule has 3 aromatic rings. The molecule has 0 aromatic carbocycles. The molecule has 0 radical (unpaired) electrons. The van der Waals surface area contributed by atoms with Crippen LogP contribution in [0.15, 0.2) is 23.4 Å². The number of aromatic nitrogens is 6. The normalized spacial score (nSPS) is 15.1. The molecule has 3 aromatic heterocycles. The largest absolute Gasteiger partial charge is 0.435 e.